The maximum atomic E-state index is 12.7. The molecule has 1 aromatic rings. The summed E-state index contributed by atoms with van der Waals surface area (Å²) in [6.07, 6.45) is 5.57. The van der Waals surface area contributed by atoms with Gasteiger partial charge < -0.3 is 5.11 Å². The molecular formula is C21H27NO4S. The second-order valence-electron chi connectivity index (χ2n) is 7.84. The molecule has 5 nitrogen and oxygen atoms in total. The average molecular weight is 390 g/mol. The van der Waals surface area contributed by atoms with Crippen LogP contribution in [0.1, 0.15) is 63.5 Å². The van der Waals surface area contributed by atoms with Gasteiger partial charge in [0.15, 0.2) is 0 Å². The van der Waals surface area contributed by atoms with Gasteiger partial charge in [-0.1, -0.05) is 61.7 Å². The number of aliphatic carboxylic acids is 1. The summed E-state index contributed by atoms with van der Waals surface area (Å²) in [5, 5.41) is 9.44. The van der Waals surface area contributed by atoms with Gasteiger partial charge in [0.05, 0.1) is 10.7 Å². The Morgan fingerprint density at radius 1 is 1.19 bits per heavy atom. The summed E-state index contributed by atoms with van der Waals surface area (Å²) >= 11 is 1.06. The van der Waals surface area contributed by atoms with E-state index in [1.807, 2.05) is 38.1 Å². The summed E-state index contributed by atoms with van der Waals surface area (Å²) in [4.78, 5) is 38.5. The zero-order valence-corrected chi connectivity index (χ0v) is 16.8. The van der Waals surface area contributed by atoms with Gasteiger partial charge >= 0.3 is 5.97 Å². The minimum Gasteiger partial charge on any atom is -0.481 e. The van der Waals surface area contributed by atoms with Crippen molar-refractivity contribution in [1.29, 1.82) is 0 Å². The lowest BCUT2D eigenvalue weighted by Gasteiger charge is -2.31. The van der Waals surface area contributed by atoms with Crippen LogP contribution in [0.15, 0.2) is 24.3 Å². The summed E-state index contributed by atoms with van der Waals surface area (Å²) in [7, 11) is 0. The first-order valence-electron chi connectivity index (χ1n) is 9.72. The second kappa shape index (κ2) is 8.05. The van der Waals surface area contributed by atoms with Gasteiger partial charge in [-0.25, -0.2) is 0 Å². The van der Waals surface area contributed by atoms with Crippen LogP contribution in [0.5, 0.6) is 0 Å². The Hall–Kier alpha value is -1.82. The minimum atomic E-state index is -0.888. The van der Waals surface area contributed by atoms with Crippen LogP contribution in [-0.2, 0) is 21.4 Å². The van der Waals surface area contributed by atoms with Crippen LogP contribution in [0, 0.1) is 0 Å². The van der Waals surface area contributed by atoms with Crippen molar-refractivity contribution in [3.05, 3.63) is 35.4 Å². The fourth-order valence-electron chi connectivity index (χ4n) is 4.36. The van der Waals surface area contributed by atoms with Gasteiger partial charge in [-0.15, -0.1) is 0 Å². The summed E-state index contributed by atoms with van der Waals surface area (Å²) in [6.45, 7) is 3.66. The van der Waals surface area contributed by atoms with E-state index in [9.17, 15) is 19.5 Å². The molecule has 1 unspecified atom stereocenters. The normalized spacial score (nSPS) is 22.9. The highest BCUT2D eigenvalue weighted by atomic mass is 32.2. The van der Waals surface area contributed by atoms with E-state index in [-0.39, 0.29) is 17.2 Å². The highest BCUT2D eigenvalue weighted by Crippen LogP contribution is 2.41. The second-order valence-corrected chi connectivity index (χ2v) is 8.99. The van der Waals surface area contributed by atoms with Gasteiger partial charge in [-0.05, 0) is 44.2 Å². The number of carboxylic acid groups (broad SMARTS) is 1. The number of carbonyl (C=O) groups excluding carboxylic acids is 2. The Bertz CT molecular complexity index is 737. The summed E-state index contributed by atoms with van der Waals surface area (Å²) in [6, 6.07) is 7.42. The van der Waals surface area contributed by atoms with Crippen molar-refractivity contribution in [2.24, 2.45) is 0 Å². The first kappa shape index (κ1) is 19.9. The Labute approximate surface area is 164 Å². The number of rotatable bonds is 5. The lowest BCUT2D eigenvalue weighted by Crippen LogP contribution is -2.38. The summed E-state index contributed by atoms with van der Waals surface area (Å²) in [5.41, 5.74) is 0.815. The summed E-state index contributed by atoms with van der Waals surface area (Å²) < 4.78 is 0. The molecule has 1 aliphatic carbocycles. The number of carbonyl (C=O) groups is 3. The van der Waals surface area contributed by atoms with Gasteiger partial charge in [-0.3, -0.25) is 19.3 Å². The van der Waals surface area contributed by atoms with Crippen LogP contribution in [0.3, 0.4) is 0 Å². The van der Waals surface area contributed by atoms with Crippen molar-refractivity contribution < 1.29 is 19.5 Å². The molecule has 0 aromatic heterocycles. The topological polar surface area (TPSA) is 74.7 Å². The highest BCUT2D eigenvalue weighted by molar-refractivity contribution is 8.15. The van der Waals surface area contributed by atoms with E-state index in [0.29, 0.717) is 19.3 Å². The number of amides is 2. The molecule has 3 rings (SSSR count). The van der Waals surface area contributed by atoms with Gasteiger partial charge in [-0.2, -0.15) is 0 Å². The van der Waals surface area contributed by atoms with Crippen LogP contribution < -0.4 is 0 Å². The highest BCUT2D eigenvalue weighted by Gasteiger charge is 2.44. The summed E-state index contributed by atoms with van der Waals surface area (Å²) in [5.74, 6) is -0.942. The van der Waals surface area contributed by atoms with Crippen LogP contribution >= 0.6 is 11.8 Å². The molecule has 1 aliphatic heterocycles. The lowest BCUT2D eigenvalue weighted by atomic mass is 9.72. The van der Waals surface area contributed by atoms with Gasteiger partial charge in [0.2, 0.25) is 5.91 Å². The van der Waals surface area contributed by atoms with Crippen molar-refractivity contribution in [2.75, 3.05) is 0 Å². The molecule has 27 heavy (non-hydrogen) atoms. The van der Waals surface area contributed by atoms with Crippen LogP contribution in [0.4, 0.5) is 4.79 Å². The van der Waals surface area contributed by atoms with Crippen LogP contribution in [0.2, 0.25) is 0 Å². The molecule has 2 fully saturated rings. The number of hydrogen-bond donors (Lipinski definition) is 1. The average Bonchev–Trinajstić information content (AvgIpc) is 2.79. The van der Waals surface area contributed by atoms with E-state index in [1.54, 1.807) is 0 Å². The van der Waals surface area contributed by atoms with Crippen molar-refractivity contribution in [2.45, 2.75) is 75.5 Å². The van der Waals surface area contributed by atoms with E-state index in [0.717, 1.165) is 48.6 Å². The zero-order chi connectivity index (χ0) is 19.6. The molecule has 1 atom stereocenters. The van der Waals surface area contributed by atoms with Crippen LogP contribution in [-0.4, -0.2) is 38.4 Å². The predicted molar refractivity (Wildman–Crippen MR) is 106 cm³/mol. The van der Waals surface area contributed by atoms with Gasteiger partial charge in [0.25, 0.3) is 5.24 Å². The Balaban J connectivity index is 1.93. The lowest BCUT2D eigenvalue weighted by molar-refractivity contribution is -0.144. The molecule has 1 heterocycles. The third-order valence-corrected chi connectivity index (χ3v) is 6.82. The number of hydrogen-bond acceptors (Lipinski definition) is 4. The quantitative estimate of drug-likeness (QED) is 0.757. The first-order valence-corrected chi connectivity index (χ1v) is 10.6. The monoisotopic (exact) mass is 389 g/mol. The van der Waals surface area contributed by atoms with Crippen molar-refractivity contribution in [3.8, 4) is 0 Å². The molecular weight excluding hydrogens is 362 g/mol. The van der Waals surface area contributed by atoms with Gasteiger partial charge in [0.1, 0.15) is 0 Å². The molecule has 0 bridgehead atoms. The van der Waals surface area contributed by atoms with E-state index < -0.39 is 16.6 Å². The minimum absolute atomic E-state index is 0.162. The predicted octanol–water partition coefficient (Wildman–Crippen LogP) is 4.38. The van der Waals surface area contributed by atoms with E-state index in [2.05, 4.69) is 0 Å². The Morgan fingerprint density at radius 2 is 1.81 bits per heavy atom. The molecule has 0 spiro atoms. The molecule has 2 amide bonds. The first-order chi connectivity index (χ1) is 12.9. The smallest absolute Gasteiger partial charge is 0.314 e. The van der Waals surface area contributed by atoms with E-state index >= 15 is 0 Å². The number of thioether (sulfide) groups is 1. The number of carboxylic acids is 1. The standard InChI is InChI=1S/C21H27NO4S/c1-14(2)22-18(23)17(27-20(22)26)13-15-9-5-6-10-16(15)21(19(24)25)11-7-3-4-8-12-21/h5-6,9-10,14,17H,3-4,7-8,11-13H2,1-2H3,(H,24,25). The Morgan fingerprint density at radius 3 is 2.37 bits per heavy atom. The third kappa shape index (κ3) is 3.77. The number of imide groups is 1. The Kier molecular flexibility index (Phi) is 5.94. The molecule has 1 saturated carbocycles. The van der Waals surface area contributed by atoms with Gasteiger partial charge in [0, 0.05) is 6.04 Å². The fourth-order valence-corrected chi connectivity index (χ4v) is 5.50. The zero-order valence-electron chi connectivity index (χ0n) is 15.9. The van der Waals surface area contributed by atoms with Crippen molar-refractivity contribution >= 4 is 28.9 Å². The maximum absolute atomic E-state index is 12.7. The molecule has 6 heteroatoms. The number of benzene rings is 1. The molecule has 1 N–H and O–H groups in total. The SMILES string of the molecule is CC(C)N1C(=O)SC(Cc2ccccc2C2(C(=O)O)CCCCCC2)C1=O. The van der Waals surface area contributed by atoms with Crippen molar-refractivity contribution in [1.82, 2.24) is 4.90 Å². The molecule has 1 aromatic carbocycles. The van der Waals surface area contributed by atoms with Crippen molar-refractivity contribution in [3.63, 3.8) is 0 Å². The number of nitrogens with zero attached hydrogens (tertiary/aromatic N) is 1. The van der Waals surface area contributed by atoms with E-state index in [4.69, 9.17) is 0 Å². The molecule has 146 valence electrons. The molecule has 2 aliphatic rings. The fraction of sp³-hybridized carbons (Fsp3) is 0.571. The maximum Gasteiger partial charge on any atom is 0.314 e. The largest absolute Gasteiger partial charge is 0.481 e. The molecule has 1 saturated heterocycles. The third-order valence-electron chi connectivity index (χ3n) is 5.77. The van der Waals surface area contributed by atoms with E-state index in [1.165, 1.54) is 4.90 Å². The van der Waals surface area contributed by atoms with Crippen LogP contribution in [0.25, 0.3) is 0 Å². The molecule has 0 radical (unpaired) electrons.